The van der Waals surface area contributed by atoms with Gasteiger partial charge in [-0.3, -0.25) is 9.69 Å². The second-order valence-corrected chi connectivity index (χ2v) is 5.38. The van der Waals surface area contributed by atoms with Crippen molar-refractivity contribution < 1.29 is 18.7 Å². The molecule has 2 rings (SSSR count). The minimum atomic E-state index is -0.304. The van der Waals surface area contributed by atoms with E-state index in [9.17, 15) is 9.18 Å². The molecule has 0 radical (unpaired) electrons. The number of carbonyl (C=O) groups excluding carboxylic acids is 1. The number of ether oxygens (including phenoxy) is 2. The highest BCUT2D eigenvalue weighted by Crippen LogP contribution is 2.26. The van der Waals surface area contributed by atoms with E-state index in [1.807, 2.05) is 4.90 Å². The highest BCUT2D eigenvalue weighted by Gasteiger charge is 2.25. The van der Waals surface area contributed by atoms with Crippen molar-refractivity contribution in [1.82, 2.24) is 4.90 Å². The van der Waals surface area contributed by atoms with E-state index in [4.69, 9.17) is 9.47 Å². The van der Waals surface area contributed by atoms with Crippen LogP contribution in [0.15, 0.2) is 18.2 Å². The molecule has 1 fully saturated rings. The molecule has 4 nitrogen and oxygen atoms in total. The maximum Gasteiger partial charge on any atom is 0.319 e. The topological polar surface area (TPSA) is 38.8 Å². The molecule has 0 amide bonds. The Hall–Kier alpha value is -1.62. The number of carbonyl (C=O) groups is 1. The van der Waals surface area contributed by atoms with Crippen LogP contribution in [0.25, 0.3) is 0 Å². The van der Waals surface area contributed by atoms with Crippen LogP contribution in [0, 0.1) is 5.82 Å². The van der Waals surface area contributed by atoms with Crippen LogP contribution in [0.2, 0.25) is 0 Å². The first kappa shape index (κ1) is 15.8. The largest absolute Gasteiger partial charge is 0.497 e. The molecule has 1 aliphatic carbocycles. The molecule has 0 N–H and O–H groups in total. The molecule has 21 heavy (non-hydrogen) atoms. The highest BCUT2D eigenvalue weighted by molar-refractivity contribution is 5.71. The van der Waals surface area contributed by atoms with Gasteiger partial charge in [-0.1, -0.05) is 18.9 Å². The maximum atomic E-state index is 14.1. The molecular weight excluding hydrogens is 273 g/mol. The van der Waals surface area contributed by atoms with Crippen LogP contribution in [0.1, 0.15) is 31.2 Å². The zero-order valence-corrected chi connectivity index (χ0v) is 12.6. The second-order valence-electron chi connectivity index (χ2n) is 5.38. The first-order valence-corrected chi connectivity index (χ1v) is 7.27. The Morgan fingerprint density at radius 3 is 2.62 bits per heavy atom. The summed E-state index contributed by atoms with van der Waals surface area (Å²) in [7, 11) is 2.89. The maximum absolute atomic E-state index is 14.1. The number of benzene rings is 1. The van der Waals surface area contributed by atoms with Gasteiger partial charge in [0, 0.05) is 24.2 Å². The van der Waals surface area contributed by atoms with Crippen molar-refractivity contribution in [3.63, 3.8) is 0 Å². The Morgan fingerprint density at radius 1 is 1.33 bits per heavy atom. The quantitative estimate of drug-likeness (QED) is 0.757. The van der Waals surface area contributed by atoms with Gasteiger partial charge in [-0.05, 0) is 18.9 Å². The number of methoxy groups -OCH3 is 2. The SMILES string of the molecule is COC(=O)CN(Cc1ccc(OC)cc1F)C1CCCC1. The number of hydrogen-bond donors (Lipinski definition) is 0. The number of esters is 1. The summed E-state index contributed by atoms with van der Waals surface area (Å²) in [6, 6.07) is 5.16. The van der Waals surface area contributed by atoms with Crippen LogP contribution in [0.5, 0.6) is 5.75 Å². The lowest BCUT2D eigenvalue weighted by molar-refractivity contribution is -0.142. The third-order valence-electron chi connectivity index (χ3n) is 4.03. The minimum Gasteiger partial charge on any atom is -0.497 e. The summed E-state index contributed by atoms with van der Waals surface area (Å²) in [6.45, 7) is 0.613. The molecule has 1 saturated carbocycles. The third kappa shape index (κ3) is 4.17. The van der Waals surface area contributed by atoms with Gasteiger partial charge in [0.1, 0.15) is 11.6 Å². The molecule has 1 aromatic carbocycles. The molecule has 0 saturated heterocycles. The lowest BCUT2D eigenvalue weighted by Gasteiger charge is -2.27. The molecule has 1 aliphatic rings. The van der Waals surface area contributed by atoms with E-state index in [2.05, 4.69) is 0 Å². The van der Waals surface area contributed by atoms with Crippen molar-refractivity contribution in [2.45, 2.75) is 38.3 Å². The first-order valence-electron chi connectivity index (χ1n) is 7.27. The average molecular weight is 295 g/mol. The van der Waals surface area contributed by atoms with Gasteiger partial charge in [-0.2, -0.15) is 0 Å². The molecule has 1 aromatic rings. The predicted molar refractivity (Wildman–Crippen MR) is 77.6 cm³/mol. The number of halogens is 1. The van der Waals surface area contributed by atoms with Gasteiger partial charge < -0.3 is 9.47 Å². The molecule has 116 valence electrons. The van der Waals surface area contributed by atoms with Crippen molar-refractivity contribution in [2.75, 3.05) is 20.8 Å². The van der Waals surface area contributed by atoms with Gasteiger partial charge in [0.15, 0.2) is 0 Å². The van der Waals surface area contributed by atoms with Crippen LogP contribution in [-0.4, -0.2) is 37.7 Å². The standard InChI is InChI=1S/C16H22FNO3/c1-20-14-8-7-12(15(17)9-14)10-18(11-16(19)21-2)13-5-3-4-6-13/h7-9,13H,3-6,10-11H2,1-2H3. The number of nitrogens with zero attached hydrogens (tertiary/aromatic N) is 1. The first-order chi connectivity index (χ1) is 10.1. The summed E-state index contributed by atoms with van der Waals surface area (Å²) in [5.41, 5.74) is 0.576. The monoisotopic (exact) mass is 295 g/mol. The fourth-order valence-electron chi connectivity index (χ4n) is 2.82. The van der Waals surface area contributed by atoms with E-state index >= 15 is 0 Å². The zero-order chi connectivity index (χ0) is 15.2. The molecular formula is C16H22FNO3. The average Bonchev–Trinajstić information content (AvgIpc) is 3.02. The van der Waals surface area contributed by atoms with E-state index in [1.165, 1.54) is 20.3 Å². The van der Waals surface area contributed by atoms with Gasteiger partial charge in [-0.25, -0.2) is 4.39 Å². The van der Waals surface area contributed by atoms with E-state index in [0.29, 0.717) is 23.9 Å². The Kier molecular flexibility index (Phi) is 5.56. The van der Waals surface area contributed by atoms with Crippen molar-refractivity contribution >= 4 is 5.97 Å². The fourth-order valence-corrected chi connectivity index (χ4v) is 2.82. The smallest absolute Gasteiger partial charge is 0.319 e. The molecule has 5 heteroatoms. The highest BCUT2D eigenvalue weighted by atomic mass is 19.1. The Labute approximate surface area is 124 Å². The Bertz CT molecular complexity index is 486. The van der Waals surface area contributed by atoms with Crippen molar-refractivity contribution in [3.05, 3.63) is 29.6 Å². The number of hydrogen-bond acceptors (Lipinski definition) is 4. The van der Waals surface area contributed by atoms with E-state index in [1.54, 1.807) is 12.1 Å². The predicted octanol–water partition coefficient (Wildman–Crippen LogP) is 2.75. The Morgan fingerprint density at radius 2 is 2.05 bits per heavy atom. The molecule has 0 heterocycles. The van der Waals surface area contributed by atoms with Crippen LogP contribution >= 0.6 is 0 Å². The molecule has 0 aromatic heterocycles. The van der Waals surface area contributed by atoms with E-state index in [-0.39, 0.29) is 18.3 Å². The summed E-state index contributed by atoms with van der Waals surface area (Å²) >= 11 is 0. The third-order valence-corrected chi connectivity index (χ3v) is 4.03. The van der Waals surface area contributed by atoms with Crippen LogP contribution in [-0.2, 0) is 16.1 Å². The van der Waals surface area contributed by atoms with Gasteiger partial charge >= 0.3 is 5.97 Å². The van der Waals surface area contributed by atoms with Gasteiger partial charge in [0.2, 0.25) is 0 Å². The fraction of sp³-hybridized carbons (Fsp3) is 0.562. The van der Waals surface area contributed by atoms with Crippen LogP contribution in [0.3, 0.4) is 0 Å². The van der Waals surface area contributed by atoms with Crippen molar-refractivity contribution in [2.24, 2.45) is 0 Å². The van der Waals surface area contributed by atoms with Gasteiger partial charge in [-0.15, -0.1) is 0 Å². The normalized spacial score (nSPS) is 15.4. The van der Waals surface area contributed by atoms with Crippen molar-refractivity contribution in [3.8, 4) is 5.75 Å². The summed E-state index contributed by atoms with van der Waals surface area (Å²) in [5, 5.41) is 0. The lowest BCUT2D eigenvalue weighted by Crippen LogP contribution is -2.37. The number of rotatable bonds is 6. The molecule has 0 aliphatic heterocycles. The minimum absolute atomic E-state index is 0.201. The molecule has 0 unspecified atom stereocenters. The summed E-state index contributed by atoms with van der Waals surface area (Å²) < 4.78 is 23.8. The molecule has 0 spiro atoms. The van der Waals surface area contributed by atoms with Gasteiger partial charge in [0.25, 0.3) is 0 Å². The van der Waals surface area contributed by atoms with E-state index in [0.717, 1.165) is 25.7 Å². The van der Waals surface area contributed by atoms with Crippen molar-refractivity contribution in [1.29, 1.82) is 0 Å². The molecule has 0 bridgehead atoms. The zero-order valence-electron chi connectivity index (χ0n) is 12.6. The Balaban J connectivity index is 2.11. The molecule has 0 atom stereocenters. The second kappa shape index (κ2) is 7.41. The summed E-state index contributed by atoms with van der Waals surface area (Å²) in [4.78, 5) is 13.6. The lowest BCUT2D eigenvalue weighted by atomic mass is 10.1. The van der Waals surface area contributed by atoms with Gasteiger partial charge in [0.05, 0.1) is 20.8 Å². The summed E-state index contributed by atoms with van der Waals surface area (Å²) in [6.07, 6.45) is 4.42. The van der Waals surface area contributed by atoms with Crippen LogP contribution < -0.4 is 4.74 Å². The van der Waals surface area contributed by atoms with Crippen LogP contribution in [0.4, 0.5) is 4.39 Å². The summed E-state index contributed by atoms with van der Waals surface area (Å²) in [5.74, 6) is -0.0883. The van der Waals surface area contributed by atoms with E-state index < -0.39 is 0 Å².